The molecule has 152 valence electrons. The summed E-state index contributed by atoms with van der Waals surface area (Å²) in [4.78, 5) is 21.2. The van der Waals surface area contributed by atoms with E-state index in [-0.39, 0.29) is 23.2 Å². The average molecular weight is 402 g/mol. The number of nitrogens with one attached hydrogen (secondary N) is 1. The summed E-state index contributed by atoms with van der Waals surface area (Å²) < 4.78 is 43.4. The van der Waals surface area contributed by atoms with E-state index in [2.05, 4.69) is 15.3 Å². The number of benzene rings is 1. The van der Waals surface area contributed by atoms with Crippen molar-refractivity contribution in [3.05, 3.63) is 63.6 Å². The van der Waals surface area contributed by atoms with Gasteiger partial charge in [0.25, 0.3) is 11.5 Å². The highest BCUT2D eigenvalue weighted by molar-refractivity contribution is 5.88. The van der Waals surface area contributed by atoms with E-state index in [0.717, 1.165) is 18.9 Å². The molecule has 0 spiro atoms. The van der Waals surface area contributed by atoms with Crippen LogP contribution in [0.2, 0.25) is 0 Å². The summed E-state index contributed by atoms with van der Waals surface area (Å²) in [5, 5.41) is 3.66. The number of anilines is 1. The van der Waals surface area contributed by atoms with E-state index in [1.54, 1.807) is 17.7 Å². The van der Waals surface area contributed by atoms with Crippen LogP contribution in [0.15, 0.2) is 35.3 Å². The van der Waals surface area contributed by atoms with E-state index >= 15 is 0 Å². The molecule has 1 aliphatic rings. The Morgan fingerprint density at radius 3 is 2.66 bits per heavy atom. The molecule has 29 heavy (non-hydrogen) atoms. The van der Waals surface area contributed by atoms with Crippen LogP contribution in [0.1, 0.15) is 43.6 Å². The normalized spacial score (nSPS) is 15.5. The van der Waals surface area contributed by atoms with Crippen LogP contribution in [-0.2, 0) is 18.0 Å². The van der Waals surface area contributed by atoms with E-state index < -0.39 is 17.3 Å². The molecule has 1 aliphatic carbocycles. The van der Waals surface area contributed by atoms with E-state index in [4.69, 9.17) is 0 Å². The molecule has 0 aliphatic heterocycles. The Morgan fingerprint density at radius 1 is 1.28 bits per heavy atom. The third-order valence-electron chi connectivity index (χ3n) is 5.40. The third kappa shape index (κ3) is 3.59. The molecule has 4 rings (SSSR count). The van der Waals surface area contributed by atoms with Crippen molar-refractivity contribution in [2.45, 2.75) is 51.6 Å². The molecule has 5 nitrogen and oxygen atoms in total. The second kappa shape index (κ2) is 6.57. The highest BCUT2D eigenvalue weighted by Gasteiger charge is 2.40. The average Bonchev–Trinajstić information content (AvgIpc) is 3.37. The zero-order valence-electron chi connectivity index (χ0n) is 16.4. The van der Waals surface area contributed by atoms with E-state index in [9.17, 15) is 18.0 Å². The summed E-state index contributed by atoms with van der Waals surface area (Å²) in [6, 6.07) is 5.41. The lowest BCUT2D eigenvalue weighted by Gasteiger charge is -2.17. The summed E-state index contributed by atoms with van der Waals surface area (Å²) in [7, 11) is 0. The maximum absolute atomic E-state index is 14.5. The molecule has 3 aromatic rings. The van der Waals surface area contributed by atoms with Gasteiger partial charge in [0.2, 0.25) is 0 Å². The number of rotatable bonds is 5. The standard InChI is InChI=1S/C21H21F3N4O/c1-12-26-16-9-17(29)28(20(2)7-8-20)11-14(16)19(27-12)25-10-13-5-4-6-15(18(13)22)21(3,23)24/h4-6,9,11H,7-8,10H2,1-3H3,(H,25,26,27). The molecule has 0 saturated heterocycles. The Hall–Kier alpha value is -2.90. The Bertz CT molecular complexity index is 1160. The fraction of sp³-hybridized carbons (Fsp3) is 0.381. The van der Waals surface area contributed by atoms with Gasteiger partial charge in [0.05, 0.1) is 16.5 Å². The van der Waals surface area contributed by atoms with Gasteiger partial charge in [0.1, 0.15) is 17.5 Å². The lowest BCUT2D eigenvalue weighted by Crippen LogP contribution is -2.27. The maximum atomic E-state index is 14.5. The molecule has 0 amide bonds. The number of aromatic nitrogens is 3. The highest BCUT2D eigenvalue weighted by Crippen LogP contribution is 2.42. The highest BCUT2D eigenvalue weighted by atomic mass is 19.3. The molecule has 1 saturated carbocycles. The van der Waals surface area contributed by atoms with Crippen LogP contribution < -0.4 is 10.9 Å². The molecule has 1 fully saturated rings. The fourth-order valence-electron chi connectivity index (χ4n) is 3.43. The summed E-state index contributed by atoms with van der Waals surface area (Å²) in [6.07, 6.45) is 3.55. The number of alkyl halides is 2. The fourth-order valence-corrected chi connectivity index (χ4v) is 3.43. The number of pyridine rings is 1. The summed E-state index contributed by atoms with van der Waals surface area (Å²) >= 11 is 0. The molecule has 0 bridgehead atoms. The Morgan fingerprint density at radius 2 is 2.00 bits per heavy atom. The van der Waals surface area contributed by atoms with Crippen LogP contribution >= 0.6 is 0 Å². The SMILES string of the molecule is Cc1nc(NCc2cccc(C(C)(F)F)c2F)c2cn(C3(C)CC3)c(=O)cc2n1. The number of hydrogen-bond acceptors (Lipinski definition) is 4. The molecule has 2 aromatic heterocycles. The molecule has 0 atom stereocenters. The second-order valence-electron chi connectivity index (χ2n) is 7.92. The van der Waals surface area contributed by atoms with Gasteiger partial charge in [-0.25, -0.2) is 23.1 Å². The number of aryl methyl sites for hydroxylation is 1. The first-order valence-corrected chi connectivity index (χ1v) is 9.40. The van der Waals surface area contributed by atoms with Crippen molar-refractivity contribution in [3.8, 4) is 0 Å². The Kier molecular flexibility index (Phi) is 4.40. The zero-order chi connectivity index (χ0) is 21.0. The minimum atomic E-state index is -3.27. The first kappa shape index (κ1) is 19.4. The van der Waals surface area contributed by atoms with Crippen molar-refractivity contribution < 1.29 is 13.2 Å². The van der Waals surface area contributed by atoms with Crippen molar-refractivity contribution >= 4 is 16.7 Å². The Labute approximate surface area is 165 Å². The number of hydrogen-bond donors (Lipinski definition) is 1. The van der Waals surface area contributed by atoms with Gasteiger partial charge in [-0.05, 0) is 26.7 Å². The summed E-state index contributed by atoms with van der Waals surface area (Å²) in [5.74, 6) is -3.33. The third-order valence-corrected chi connectivity index (χ3v) is 5.40. The molecular formula is C21H21F3N4O. The molecule has 0 unspecified atom stereocenters. The van der Waals surface area contributed by atoms with Gasteiger partial charge < -0.3 is 9.88 Å². The van der Waals surface area contributed by atoms with Crippen LogP contribution in [-0.4, -0.2) is 14.5 Å². The van der Waals surface area contributed by atoms with E-state index in [0.29, 0.717) is 29.5 Å². The van der Waals surface area contributed by atoms with Gasteiger partial charge in [0.15, 0.2) is 0 Å². The number of nitrogens with zero attached hydrogens (tertiary/aromatic N) is 3. The largest absolute Gasteiger partial charge is 0.365 e. The molecule has 2 heterocycles. The van der Waals surface area contributed by atoms with Crippen LogP contribution in [0.25, 0.3) is 10.9 Å². The van der Waals surface area contributed by atoms with Gasteiger partial charge >= 0.3 is 0 Å². The first-order chi connectivity index (χ1) is 13.6. The van der Waals surface area contributed by atoms with Crippen LogP contribution in [0.5, 0.6) is 0 Å². The van der Waals surface area contributed by atoms with Crippen LogP contribution in [0.4, 0.5) is 19.0 Å². The quantitative estimate of drug-likeness (QED) is 0.684. The van der Waals surface area contributed by atoms with Gasteiger partial charge in [-0.1, -0.05) is 18.2 Å². The first-order valence-electron chi connectivity index (χ1n) is 9.40. The lowest BCUT2D eigenvalue weighted by molar-refractivity contribution is 0.0136. The monoisotopic (exact) mass is 402 g/mol. The summed E-state index contributed by atoms with van der Waals surface area (Å²) in [5.41, 5.74) is -0.391. The predicted molar refractivity (Wildman–Crippen MR) is 105 cm³/mol. The smallest absolute Gasteiger partial charge is 0.273 e. The van der Waals surface area contributed by atoms with Crippen LogP contribution in [0, 0.1) is 12.7 Å². The molecule has 0 radical (unpaired) electrons. The van der Waals surface area contributed by atoms with Gasteiger partial charge in [-0.15, -0.1) is 0 Å². The topological polar surface area (TPSA) is 59.8 Å². The van der Waals surface area contributed by atoms with Crippen molar-refractivity contribution in [3.63, 3.8) is 0 Å². The Balaban J connectivity index is 1.73. The molecule has 8 heteroatoms. The van der Waals surface area contributed by atoms with Crippen molar-refractivity contribution in [2.24, 2.45) is 0 Å². The lowest BCUT2D eigenvalue weighted by atomic mass is 10.0. The molecule has 1 aromatic carbocycles. The van der Waals surface area contributed by atoms with Gasteiger partial charge in [0, 0.05) is 36.8 Å². The van der Waals surface area contributed by atoms with Crippen molar-refractivity contribution in [2.75, 3.05) is 5.32 Å². The van der Waals surface area contributed by atoms with Crippen LogP contribution in [0.3, 0.4) is 0 Å². The minimum absolute atomic E-state index is 0.0301. The van der Waals surface area contributed by atoms with Crippen molar-refractivity contribution in [1.82, 2.24) is 14.5 Å². The predicted octanol–water partition coefficient (Wildman–Crippen LogP) is 4.47. The molecule has 1 N–H and O–H groups in total. The maximum Gasteiger partial charge on any atom is 0.273 e. The summed E-state index contributed by atoms with van der Waals surface area (Å²) in [6.45, 7) is 4.34. The van der Waals surface area contributed by atoms with Crippen molar-refractivity contribution in [1.29, 1.82) is 0 Å². The molecular weight excluding hydrogens is 381 g/mol. The van der Waals surface area contributed by atoms with E-state index in [1.165, 1.54) is 18.2 Å². The number of fused-ring (bicyclic) bond motifs is 1. The zero-order valence-corrected chi connectivity index (χ0v) is 16.4. The minimum Gasteiger partial charge on any atom is -0.365 e. The second-order valence-corrected chi connectivity index (χ2v) is 7.92. The van der Waals surface area contributed by atoms with E-state index in [1.807, 2.05) is 6.92 Å². The van der Waals surface area contributed by atoms with Gasteiger partial charge in [-0.2, -0.15) is 0 Å². The van der Waals surface area contributed by atoms with Gasteiger partial charge in [-0.3, -0.25) is 4.79 Å². The number of halogens is 3.